The maximum Gasteiger partial charge on any atom is 0.413 e. The zero-order valence-electron chi connectivity index (χ0n) is 34.0. The topological polar surface area (TPSA) is 122 Å². The predicted molar refractivity (Wildman–Crippen MR) is 218 cm³/mol. The van der Waals surface area contributed by atoms with Crippen molar-refractivity contribution < 1.29 is 37.0 Å². The summed E-state index contributed by atoms with van der Waals surface area (Å²) in [5.41, 5.74) is -0.496. The van der Waals surface area contributed by atoms with E-state index in [1.54, 1.807) is 33.8 Å². The first-order chi connectivity index (χ1) is 27.3. The SMILES string of the molecule is C=C(C)c1cc2c(N3CC4CCC(C3)N4C(=O)OC(C)(C)C)nc(OC[C@@]34CCCN3C[C@H](F)C4)nc2c(F)c1-c1ccc(F)c2sc(NC(=O)OC(C)(C)C)nc12. The third-order valence-electron chi connectivity index (χ3n) is 11.3. The number of benzene rings is 2. The van der Waals surface area contributed by atoms with Gasteiger partial charge < -0.3 is 19.1 Å². The number of carbonyl (C=O) groups excluding carboxylic acids is 2. The molecule has 6 heterocycles. The molecule has 0 radical (unpaired) electrons. The van der Waals surface area contributed by atoms with Crippen molar-refractivity contribution in [2.75, 3.05) is 43.0 Å². The Bertz CT molecular complexity index is 2310. The van der Waals surface area contributed by atoms with Gasteiger partial charge in [-0.1, -0.05) is 23.5 Å². The van der Waals surface area contributed by atoms with Crippen molar-refractivity contribution in [3.8, 4) is 17.1 Å². The van der Waals surface area contributed by atoms with E-state index in [-0.39, 0.29) is 62.8 Å². The molecule has 16 heteroatoms. The van der Waals surface area contributed by atoms with Gasteiger partial charge >= 0.3 is 18.2 Å². The molecule has 4 fully saturated rings. The monoisotopic (exact) mass is 821 g/mol. The number of amides is 2. The Morgan fingerprint density at radius 1 is 1.00 bits per heavy atom. The highest BCUT2D eigenvalue weighted by Gasteiger charge is 2.50. The van der Waals surface area contributed by atoms with E-state index in [0.717, 1.165) is 43.6 Å². The second-order valence-electron chi connectivity index (χ2n) is 18.1. The van der Waals surface area contributed by atoms with Crippen LogP contribution in [0.25, 0.3) is 37.8 Å². The number of piperazine rings is 1. The summed E-state index contributed by atoms with van der Waals surface area (Å²) in [5.74, 6) is -0.868. The molecule has 4 atom stereocenters. The summed E-state index contributed by atoms with van der Waals surface area (Å²) >= 11 is 0.909. The Balaban J connectivity index is 1.24. The molecule has 4 saturated heterocycles. The summed E-state index contributed by atoms with van der Waals surface area (Å²) in [4.78, 5) is 46.2. The van der Waals surface area contributed by atoms with Gasteiger partial charge in [-0.15, -0.1) is 0 Å². The van der Waals surface area contributed by atoms with Crippen LogP contribution in [0.5, 0.6) is 6.01 Å². The fourth-order valence-corrected chi connectivity index (χ4v) is 9.94. The lowest BCUT2D eigenvalue weighted by Gasteiger charge is -2.42. The summed E-state index contributed by atoms with van der Waals surface area (Å²) < 4.78 is 65.5. The van der Waals surface area contributed by atoms with Crippen LogP contribution in [0, 0.1) is 11.6 Å². The first kappa shape index (κ1) is 40.1. The quantitative estimate of drug-likeness (QED) is 0.193. The fraction of sp³-hybridized carbons (Fsp3) is 0.548. The molecular weight excluding hydrogens is 772 g/mol. The molecule has 0 saturated carbocycles. The minimum absolute atomic E-state index is 0.0303. The largest absolute Gasteiger partial charge is 0.461 e. The molecule has 8 rings (SSSR count). The minimum Gasteiger partial charge on any atom is -0.461 e. The second-order valence-corrected chi connectivity index (χ2v) is 19.1. The first-order valence-electron chi connectivity index (χ1n) is 19.9. The van der Waals surface area contributed by atoms with Crippen LogP contribution in [0.3, 0.4) is 0 Å². The van der Waals surface area contributed by atoms with Gasteiger partial charge in [0.1, 0.15) is 41.1 Å². The third kappa shape index (κ3) is 7.53. The van der Waals surface area contributed by atoms with Crippen molar-refractivity contribution in [1.82, 2.24) is 24.8 Å². The number of thiazole rings is 1. The molecule has 0 aliphatic carbocycles. The number of hydrogen-bond donors (Lipinski definition) is 1. The lowest BCUT2D eigenvalue weighted by atomic mass is 9.92. The number of nitrogens with one attached hydrogen (secondary N) is 1. The third-order valence-corrected chi connectivity index (χ3v) is 12.3. The van der Waals surface area contributed by atoms with E-state index in [2.05, 4.69) is 26.7 Å². The van der Waals surface area contributed by atoms with Gasteiger partial charge in [-0.3, -0.25) is 15.1 Å². The zero-order valence-corrected chi connectivity index (χ0v) is 34.8. The summed E-state index contributed by atoms with van der Waals surface area (Å²) in [5, 5.41) is 3.07. The summed E-state index contributed by atoms with van der Waals surface area (Å²) in [6, 6.07) is 4.10. The van der Waals surface area contributed by atoms with Crippen molar-refractivity contribution in [3.63, 3.8) is 0 Å². The first-order valence-corrected chi connectivity index (χ1v) is 20.7. The minimum atomic E-state index is -0.965. The second kappa shape index (κ2) is 14.5. The Morgan fingerprint density at radius 2 is 1.71 bits per heavy atom. The van der Waals surface area contributed by atoms with Crippen LogP contribution in [0.15, 0.2) is 24.8 Å². The molecule has 4 aliphatic heterocycles. The number of hydrogen-bond acceptors (Lipinski definition) is 11. The van der Waals surface area contributed by atoms with Gasteiger partial charge in [0.15, 0.2) is 10.9 Å². The Hall–Kier alpha value is -4.70. The van der Waals surface area contributed by atoms with Gasteiger partial charge in [0.25, 0.3) is 0 Å². The number of anilines is 2. The Labute approximate surface area is 339 Å². The van der Waals surface area contributed by atoms with Gasteiger partial charge in [-0.2, -0.15) is 9.97 Å². The predicted octanol–water partition coefficient (Wildman–Crippen LogP) is 9.11. The van der Waals surface area contributed by atoms with Gasteiger partial charge in [0, 0.05) is 42.6 Å². The standard InChI is InChI=1S/C42H50F3N7O5S/c1-22(2)27-16-28-32(31(45)30(27)26-12-13-29(44)34-33(26)47-37(58-34)49-38(53)56-40(3,4)5)46-36(55-21-42-14-9-15-51(42)18-23(43)17-42)48-35(28)50-19-24-10-11-25(20-50)52(24)39(54)57-41(6,7)8/h12-13,16,23-25H,1,9-11,14-15,17-21H2,2-8H3,(H,47,49,53)/t23-,24?,25?,42+/m1/s1. The van der Waals surface area contributed by atoms with Crippen LogP contribution in [0.2, 0.25) is 0 Å². The molecule has 1 N–H and O–H groups in total. The molecule has 2 aromatic carbocycles. The molecule has 12 nitrogen and oxygen atoms in total. The van der Waals surface area contributed by atoms with Gasteiger partial charge in [-0.05, 0) is 104 Å². The van der Waals surface area contributed by atoms with E-state index in [1.807, 2.05) is 25.7 Å². The number of alkyl halides is 1. The van der Waals surface area contributed by atoms with Gasteiger partial charge in [-0.25, -0.2) is 27.7 Å². The van der Waals surface area contributed by atoms with Crippen molar-refractivity contribution in [2.45, 2.75) is 116 Å². The lowest BCUT2D eigenvalue weighted by Crippen LogP contribution is -2.57. The van der Waals surface area contributed by atoms with E-state index in [1.165, 1.54) is 12.1 Å². The van der Waals surface area contributed by atoms with Gasteiger partial charge in [0.05, 0.1) is 27.8 Å². The van der Waals surface area contributed by atoms with E-state index >= 15 is 8.78 Å². The maximum atomic E-state index is 17.7. The summed E-state index contributed by atoms with van der Waals surface area (Å²) in [7, 11) is 0. The maximum absolute atomic E-state index is 17.7. The molecule has 0 spiro atoms. The number of rotatable bonds is 7. The molecule has 2 unspecified atom stereocenters. The highest BCUT2D eigenvalue weighted by atomic mass is 32.1. The smallest absolute Gasteiger partial charge is 0.413 e. The van der Waals surface area contributed by atoms with E-state index in [0.29, 0.717) is 48.4 Å². The van der Waals surface area contributed by atoms with Crippen LogP contribution in [0.1, 0.15) is 86.1 Å². The summed E-state index contributed by atoms with van der Waals surface area (Å²) in [6.45, 7) is 18.7. The van der Waals surface area contributed by atoms with E-state index in [4.69, 9.17) is 24.2 Å². The summed E-state index contributed by atoms with van der Waals surface area (Å²) in [6.07, 6.45) is 1.47. The van der Waals surface area contributed by atoms with Crippen LogP contribution in [-0.2, 0) is 9.47 Å². The Morgan fingerprint density at radius 3 is 2.38 bits per heavy atom. The number of nitrogens with zero attached hydrogens (tertiary/aromatic N) is 6. The van der Waals surface area contributed by atoms with Gasteiger partial charge in [0.2, 0.25) is 0 Å². The number of aromatic nitrogens is 3. The number of ether oxygens (including phenoxy) is 3. The molecule has 58 heavy (non-hydrogen) atoms. The van der Waals surface area contributed by atoms with Crippen molar-refractivity contribution in [2.24, 2.45) is 0 Å². The number of carbonyl (C=O) groups is 2. The molecule has 4 aliphatic rings. The lowest BCUT2D eigenvalue weighted by molar-refractivity contribution is 0.0122. The van der Waals surface area contributed by atoms with Crippen molar-refractivity contribution in [3.05, 3.63) is 42.0 Å². The van der Waals surface area contributed by atoms with Crippen LogP contribution < -0.4 is 15.0 Å². The fourth-order valence-electron chi connectivity index (χ4n) is 9.05. The average Bonchev–Trinajstić information content (AvgIpc) is 3.86. The van der Waals surface area contributed by atoms with E-state index < -0.39 is 40.6 Å². The number of fused-ring (bicyclic) bond motifs is 5. The molecule has 2 bridgehead atoms. The van der Waals surface area contributed by atoms with Crippen LogP contribution in [0.4, 0.5) is 33.7 Å². The molecular formula is C42H50F3N7O5S. The highest BCUT2D eigenvalue weighted by molar-refractivity contribution is 7.22. The molecule has 2 aromatic heterocycles. The van der Waals surface area contributed by atoms with E-state index in [9.17, 15) is 14.0 Å². The van der Waals surface area contributed by atoms with Crippen LogP contribution in [-0.4, -0.2) is 105 Å². The normalized spacial score (nSPS) is 23.4. The highest BCUT2D eigenvalue weighted by Crippen LogP contribution is 2.45. The van der Waals surface area contributed by atoms with Crippen molar-refractivity contribution >= 4 is 61.2 Å². The molecule has 4 aromatic rings. The Kier molecular flexibility index (Phi) is 10.1. The zero-order chi connectivity index (χ0) is 41.5. The average molecular weight is 822 g/mol. The molecule has 310 valence electrons. The number of halogens is 3. The molecule has 2 amide bonds. The van der Waals surface area contributed by atoms with Crippen molar-refractivity contribution in [1.29, 1.82) is 0 Å². The van der Waals surface area contributed by atoms with Crippen LogP contribution >= 0.6 is 11.3 Å². The number of allylic oxidation sites excluding steroid dienone is 1.